The zero-order valence-corrected chi connectivity index (χ0v) is 22.2. The maximum Gasteiger partial charge on any atom is 0.321 e. The highest BCUT2D eigenvalue weighted by atomic mass is 79.9. The van der Waals surface area contributed by atoms with Crippen LogP contribution in [0.25, 0.3) is 0 Å². The second-order valence-corrected chi connectivity index (χ2v) is 12.8. The second-order valence-electron chi connectivity index (χ2n) is 8.09. The van der Waals surface area contributed by atoms with Gasteiger partial charge in [-0.1, -0.05) is 54.6 Å². The molecular weight excluding hydrogens is 547 g/mol. The van der Waals surface area contributed by atoms with Gasteiger partial charge in [0.05, 0.1) is 5.25 Å². The number of hydrogen-bond acceptors (Lipinski definition) is 5. The highest BCUT2D eigenvalue weighted by Gasteiger charge is 2.52. The molecule has 3 aromatic carbocycles. The van der Waals surface area contributed by atoms with Crippen LogP contribution in [-0.2, 0) is 14.4 Å². The van der Waals surface area contributed by atoms with Crippen molar-refractivity contribution in [2.24, 2.45) is 5.73 Å². The molecule has 2 amide bonds. The van der Waals surface area contributed by atoms with Gasteiger partial charge in [-0.05, 0) is 36.4 Å². The average Bonchev–Trinajstić information content (AvgIpc) is 3.14. The number of carboxylic acids is 1. The van der Waals surface area contributed by atoms with E-state index in [1.807, 2.05) is 54.6 Å². The SMILES string of the molecule is NC(CSC1CC(=O)N(C[P+](c2ccccc2)(c2ccccc2)c2ccccc2)C1=O)C(=O)O.[Br-]. The summed E-state index contributed by atoms with van der Waals surface area (Å²) in [6, 6.07) is 29.1. The van der Waals surface area contributed by atoms with E-state index in [2.05, 4.69) is 36.4 Å². The summed E-state index contributed by atoms with van der Waals surface area (Å²) in [6.45, 7) is 0. The average molecular weight is 573 g/mol. The minimum Gasteiger partial charge on any atom is -1.00 e. The Morgan fingerprint density at radius 1 is 0.914 bits per heavy atom. The van der Waals surface area contributed by atoms with Crippen molar-refractivity contribution in [2.45, 2.75) is 17.7 Å². The molecule has 3 aromatic rings. The smallest absolute Gasteiger partial charge is 0.321 e. The quantitative estimate of drug-likeness (QED) is 0.257. The van der Waals surface area contributed by atoms with Crippen molar-refractivity contribution >= 4 is 52.7 Å². The van der Waals surface area contributed by atoms with Crippen LogP contribution in [0.4, 0.5) is 0 Å². The first-order valence-electron chi connectivity index (χ1n) is 10.9. The molecule has 1 aliphatic rings. The predicted octanol–water partition coefficient (Wildman–Crippen LogP) is -0.785. The number of benzene rings is 3. The first kappa shape index (κ1) is 27.1. The lowest BCUT2D eigenvalue weighted by atomic mass is 10.3. The number of carbonyl (C=O) groups excluding carboxylic acids is 2. The number of thioether (sulfide) groups is 1. The summed E-state index contributed by atoms with van der Waals surface area (Å²) in [4.78, 5) is 38.9. The Morgan fingerprint density at radius 3 is 1.74 bits per heavy atom. The second kappa shape index (κ2) is 12.0. The maximum absolute atomic E-state index is 13.4. The van der Waals surface area contributed by atoms with Crippen LogP contribution in [0.2, 0.25) is 0 Å². The Kier molecular flexibility index (Phi) is 9.25. The van der Waals surface area contributed by atoms with Crippen LogP contribution < -0.4 is 38.6 Å². The van der Waals surface area contributed by atoms with Gasteiger partial charge in [0.15, 0.2) is 6.29 Å². The zero-order valence-electron chi connectivity index (χ0n) is 18.9. The fourth-order valence-corrected chi connectivity index (χ4v) is 9.44. The maximum atomic E-state index is 13.4. The minimum atomic E-state index is -2.40. The van der Waals surface area contributed by atoms with Crippen molar-refractivity contribution in [1.29, 1.82) is 0 Å². The van der Waals surface area contributed by atoms with Crippen LogP contribution in [0, 0.1) is 0 Å². The summed E-state index contributed by atoms with van der Waals surface area (Å²) in [5.41, 5.74) is 5.61. The van der Waals surface area contributed by atoms with Gasteiger partial charge in [-0.3, -0.25) is 14.4 Å². The molecule has 1 saturated heterocycles. The molecule has 0 spiro atoms. The fourth-order valence-electron chi connectivity index (χ4n) is 4.17. The number of rotatable bonds is 9. The Morgan fingerprint density at radius 2 is 1.34 bits per heavy atom. The van der Waals surface area contributed by atoms with E-state index in [4.69, 9.17) is 10.8 Å². The lowest BCUT2D eigenvalue weighted by molar-refractivity contribution is -0.138. The summed E-state index contributed by atoms with van der Waals surface area (Å²) < 4.78 is 0. The van der Waals surface area contributed by atoms with Crippen LogP contribution in [0.5, 0.6) is 0 Å². The number of nitrogens with zero attached hydrogens (tertiary/aromatic N) is 1. The van der Waals surface area contributed by atoms with Gasteiger partial charge in [-0.25, -0.2) is 4.90 Å². The highest BCUT2D eigenvalue weighted by Crippen LogP contribution is 2.56. The third-order valence-corrected chi connectivity index (χ3v) is 11.5. The molecule has 0 bridgehead atoms. The van der Waals surface area contributed by atoms with E-state index in [0.29, 0.717) is 0 Å². The van der Waals surface area contributed by atoms with Crippen LogP contribution in [0.15, 0.2) is 91.0 Å². The van der Waals surface area contributed by atoms with Crippen molar-refractivity contribution in [1.82, 2.24) is 4.90 Å². The highest BCUT2D eigenvalue weighted by molar-refractivity contribution is 8.00. The molecule has 2 atom stereocenters. The molecule has 0 aliphatic carbocycles. The van der Waals surface area contributed by atoms with Crippen LogP contribution >= 0.6 is 19.0 Å². The molecule has 9 heteroatoms. The van der Waals surface area contributed by atoms with Gasteiger partial charge in [0, 0.05) is 12.2 Å². The number of amides is 2. The number of nitrogens with two attached hydrogens (primary N) is 1. The summed E-state index contributed by atoms with van der Waals surface area (Å²) >= 11 is 1.14. The van der Waals surface area contributed by atoms with Crippen molar-refractivity contribution in [2.75, 3.05) is 12.0 Å². The van der Waals surface area contributed by atoms with Gasteiger partial charge in [-0.2, -0.15) is 0 Å². The largest absolute Gasteiger partial charge is 1.00 e. The molecule has 2 unspecified atom stereocenters. The topological polar surface area (TPSA) is 101 Å². The van der Waals surface area contributed by atoms with Crippen molar-refractivity contribution in [3.05, 3.63) is 91.0 Å². The van der Waals surface area contributed by atoms with Gasteiger partial charge in [0.1, 0.15) is 29.2 Å². The number of imide groups is 1. The normalized spacial score (nSPS) is 16.6. The van der Waals surface area contributed by atoms with E-state index in [0.717, 1.165) is 27.7 Å². The first-order chi connectivity index (χ1) is 16.4. The van der Waals surface area contributed by atoms with E-state index in [9.17, 15) is 14.4 Å². The summed E-state index contributed by atoms with van der Waals surface area (Å²) in [5, 5.41) is 11.7. The summed E-state index contributed by atoms with van der Waals surface area (Å²) in [6.07, 6.45) is 0.305. The minimum absolute atomic E-state index is 0. The molecule has 1 fully saturated rings. The third-order valence-electron chi connectivity index (χ3n) is 5.94. The first-order valence-corrected chi connectivity index (χ1v) is 13.9. The molecule has 3 N–H and O–H groups in total. The van der Waals surface area contributed by atoms with Crippen LogP contribution in [0.3, 0.4) is 0 Å². The monoisotopic (exact) mass is 572 g/mol. The van der Waals surface area contributed by atoms with Crippen molar-refractivity contribution < 1.29 is 36.5 Å². The molecular formula is C26H26BrN2O4PS. The van der Waals surface area contributed by atoms with Gasteiger partial charge in [0.2, 0.25) is 11.8 Å². The predicted molar refractivity (Wildman–Crippen MR) is 138 cm³/mol. The molecule has 182 valence electrons. The lowest BCUT2D eigenvalue weighted by Gasteiger charge is -2.30. The van der Waals surface area contributed by atoms with E-state index >= 15 is 0 Å². The van der Waals surface area contributed by atoms with Gasteiger partial charge >= 0.3 is 5.97 Å². The molecule has 4 rings (SSSR count). The molecule has 0 saturated carbocycles. The zero-order chi connectivity index (χ0) is 24.1. The van der Waals surface area contributed by atoms with Gasteiger partial charge in [-0.15, -0.1) is 11.8 Å². The molecule has 1 heterocycles. The van der Waals surface area contributed by atoms with Gasteiger partial charge < -0.3 is 27.8 Å². The van der Waals surface area contributed by atoms with Gasteiger partial charge in [0.25, 0.3) is 0 Å². The Bertz CT molecular complexity index is 1070. The molecule has 6 nitrogen and oxygen atoms in total. The number of halogens is 1. The Labute approximate surface area is 220 Å². The van der Waals surface area contributed by atoms with Crippen molar-refractivity contribution in [3.8, 4) is 0 Å². The Hall–Kier alpha value is -2.51. The molecule has 0 radical (unpaired) electrons. The number of likely N-dealkylation sites (tertiary alicyclic amines) is 1. The lowest BCUT2D eigenvalue weighted by Crippen LogP contribution is -3.00. The molecule has 0 aromatic heterocycles. The van der Waals surface area contributed by atoms with E-state index in [1.54, 1.807) is 0 Å². The molecule has 35 heavy (non-hydrogen) atoms. The molecule has 1 aliphatic heterocycles. The fraction of sp³-hybridized carbons (Fsp3) is 0.192. The van der Waals surface area contributed by atoms with Crippen molar-refractivity contribution in [3.63, 3.8) is 0 Å². The summed E-state index contributed by atoms with van der Waals surface area (Å²) in [7, 11) is -2.40. The van der Waals surface area contributed by atoms with E-state index in [1.165, 1.54) is 4.90 Å². The Balaban J connectivity index is 0.00000342. The van der Waals surface area contributed by atoms with E-state index in [-0.39, 0.29) is 47.3 Å². The third kappa shape index (κ3) is 5.67. The standard InChI is InChI=1S/C26H25N2O4PS.BrH/c27-22(26(31)32)17-34-23-16-24(29)28(25(23)30)18-33(19-10-4-1-5-11-19,20-12-6-2-7-13-20)21-14-8-3-9-15-21;/h1-15,22-23H,16-18,27H2;1H. The number of carboxylic acid groups (broad SMARTS) is 1. The van der Waals surface area contributed by atoms with Crippen LogP contribution in [0.1, 0.15) is 6.42 Å². The van der Waals surface area contributed by atoms with Crippen LogP contribution in [-0.4, -0.2) is 51.1 Å². The number of aliphatic carboxylic acids is 1. The summed E-state index contributed by atoms with van der Waals surface area (Å²) in [5.74, 6) is -1.56. The van der Waals surface area contributed by atoms with E-state index < -0.39 is 24.5 Å². The number of carbonyl (C=O) groups is 3. The number of hydrogen-bond donors (Lipinski definition) is 2.